The van der Waals surface area contributed by atoms with E-state index in [-0.39, 0.29) is 0 Å². The summed E-state index contributed by atoms with van der Waals surface area (Å²) in [6, 6.07) is 56.7. The zero-order valence-corrected chi connectivity index (χ0v) is 28.7. The third-order valence-electron chi connectivity index (χ3n) is 11.3. The van der Waals surface area contributed by atoms with Gasteiger partial charge < -0.3 is 4.57 Å². The van der Waals surface area contributed by atoms with Crippen LogP contribution in [-0.4, -0.2) is 4.57 Å². The largest absolute Gasteiger partial charge is 0.309 e. The van der Waals surface area contributed by atoms with Crippen LogP contribution in [0.15, 0.2) is 152 Å². The number of fused-ring (bicyclic) bond motifs is 12. The quantitative estimate of drug-likeness (QED) is 0.177. The maximum absolute atomic E-state index is 2.54. The fraction of sp³-hybridized carbons (Fsp3) is 0.102. The van der Waals surface area contributed by atoms with E-state index in [0.717, 1.165) is 6.42 Å². The second-order valence-electron chi connectivity index (χ2n) is 13.6. The van der Waals surface area contributed by atoms with Gasteiger partial charge in [-0.2, -0.15) is 0 Å². The Morgan fingerprint density at radius 2 is 1.12 bits per heavy atom. The molecule has 11 rings (SSSR count). The standard InChI is InChI=1S/C47H31N.C2H6/c1-28-32-15-3-2-12-30(32)27-42-36-18-6-7-19-40(36)47-46(44(28)42)41-20-8-9-23-43(41)48(47)31-14-10-13-29(26-31)33-24-25-39-35-17-5-4-16-34(35)38-22-11-21-37(33)45(38)39;1-2/h2-26,28H,27H2,1H3;1-2H3. The van der Waals surface area contributed by atoms with Crippen molar-refractivity contribution in [2.45, 2.75) is 33.1 Å². The van der Waals surface area contributed by atoms with Gasteiger partial charge in [0, 0.05) is 27.8 Å². The lowest BCUT2D eigenvalue weighted by atomic mass is 9.75. The summed E-state index contributed by atoms with van der Waals surface area (Å²) in [6.07, 6.45) is 0.968. The van der Waals surface area contributed by atoms with Crippen LogP contribution in [0.5, 0.6) is 0 Å². The fourth-order valence-corrected chi connectivity index (χ4v) is 9.29. The molecule has 1 unspecified atom stereocenters. The van der Waals surface area contributed by atoms with Gasteiger partial charge in [-0.3, -0.25) is 0 Å². The van der Waals surface area contributed by atoms with Gasteiger partial charge in [-0.25, -0.2) is 0 Å². The zero-order valence-electron chi connectivity index (χ0n) is 28.7. The molecule has 2 aliphatic carbocycles. The van der Waals surface area contributed by atoms with Crippen LogP contribution in [0.2, 0.25) is 0 Å². The summed E-state index contributed by atoms with van der Waals surface area (Å²) in [5.74, 6) is 0.306. The van der Waals surface area contributed by atoms with Crippen LogP contribution >= 0.6 is 0 Å². The van der Waals surface area contributed by atoms with Gasteiger partial charge in [0.05, 0.1) is 11.0 Å². The number of benzene rings is 8. The molecule has 1 heteroatoms. The maximum Gasteiger partial charge on any atom is 0.0622 e. The summed E-state index contributed by atoms with van der Waals surface area (Å²) < 4.78 is 2.54. The van der Waals surface area contributed by atoms with Crippen molar-refractivity contribution < 1.29 is 0 Å². The SMILES string of the molecule is CC.CC1c2ccccc2Cc2c1c1c3ccccc3n(-c3cccc(-c4ccc5c6c(cccc46)-c4ccccc4-5)c3)c1c1ccccc21. The predicted octanol–water partition coefficient (Wildman–Crippen LogP) is 13.5. The van der Waals surface area contributed by atoms with Crippen molar-refractivity contribution in [1.29, 1.82) is 0 Å². The van der Waals surface area contributed by atoms with Crippen LogP contribution in [0.4, 0.5) is 0 Å². The van der Waals surface area contributed by atoms with Gasteiger partial charge >= 0.3 is 0 Å². The Balaban J connectivity index is 0.00000156. The van der Waals surface area contributed by atoms with Crippen LogP contribution in [0.1, 0.15) is 48.9 Å². The van der Waals surface area contributed by atoms with E-state index < -0.39 is 0 Å². The first-order valence-electron chi connectivity index (χ1n) is 18.1. The topological polar surface area (TPSA) is 4.93 Å². The molecule has 0 aliphatic heterocycles. The highest BCUT2D eigenvalue weighted by atomic mass is 15.0. The normalized spacial score (nSPS) is 14.0. The van der Waals surface area contributed by atoms with Gasteiger partial charge in [0.25, 0.3) is 0 Å². The molecule has 1 heterocycles. The minimum atomic E-state index is 0.306. The van der Waals surface area contributed by atoms with Gasteiger partial charge in [0.2, 0.25) is 0 Å². The average molecular weight is 640 g/mol. The van der Waals surface area contributed by atoms with E-state index in [0.29, 0.717) is 5.92 Å². The molecule has 0 fully saturated rings. The molecule has 0 bridgehead atoms. The minimum Gasteiger partial charge on any atom is -0.309 e. The van der Waals surface area contributed by atoms with Crippen molar-refractivity contribution in [3.8, 4) is 39.1 Å². The number of rotatable bonds is 2. The van der Waals surface area contributed by atoms with E-state index in [1.54, 1.807) is 0 Å². The van der Waals surface area contributed by atoms with E-state index >= 15 is 0 Å². The predicted molar refractivity (Wildman–Crippen MR) is 214 cm³/mol. The number of hydrogen-bond acceptors (Lipinski definition) is 0. The molecule has 50 heavy (non-hydrogen) atoms. The van der Waals surface area contributed by atoms with E-state index in [4.69, 9.17) is 0 Å². The molecule has 9 aromatic rings. The molecule has 238 valence electrons. The van der Waals surface area contributed by atoms with E-state index in [9.17, 15) is 0 Å². The molecule has 0 amide bonds. The fourth-order valence-electron chi connectivity index (χ4n) is 9.29. The van der Waals surface area contributed by atoms with E-state index in [1.807, 2.05) is 13.8 Å². The van der Waals surface area contributed by atoms with Crippen LogP contribution in [0, 0.1) is 0 Å². The second kappa shape index (κ2) is 11.1. The third kappa shape index (κ3) is 3.89. The Morgan fingerprint density at radius 3 is 1.96 bits per heavy atom. The highest BCUT2D eigenvalue weighted by Gasteiger charge is 2.30. The zero-order chi connectivity index (χ0) is 33.5. The van der Waals surface area contributed by atoms with Crippen molar-refractivity contribution >= 4 is 43.4 Å². The van der Waals surface area contributed by atoms with Crippen LogP contribution in [0.25, 0.3) is 82.4 Å². The molecule has 1 aromatic heterocycles. The monoisotopic (exact) mass is 639 g/mol. The van der Waals surface area contributed by atoms with Gasteiger partial charge in [0.1, 0.15) is 0 Å². The molecule has 1 nitrogen and oxygen atoms in total. The maximum atomic E-state index is 2.54. The first-order valence-corrected chi connectivity index (χ1v) is 18.1. The van der Waals surface area contributed by atoms with Gasteiger partial charge in [-0.15, -0.1) is 0 Å². The molecule has 2 aliphatic rings. The van der Waals surface area contributed by atoms with E-state index in [1.165, 1.54) is 105 Å². The van der Waals surface area contributed by atoms with Crippen LogP contribution in [-0.2, 0) is 6.42 Å². The summed E-state index contributed by atoms with van der Waals surface area (Å²) in [6.45, 7) is 6.41. The smallest absolute Gasteiger partial charge is 0.0622 e. The number of para-hydroxylation sites is 1. The Hall–Kier alpha value is -5.92. The molecule has 0 radical (unpaired) electrons. The highest BCUT2D eigenvalue weighted by Crippen LogP contribution is 2.51. The van der Waals surface area contributed by atoms with Crippen molar-refractivity contribution in [1.82, 2.24) is 4.57 Å². The lowest BCUT2D eigenvalue weighted by Crippen LogP contribution is -2.12. The average Bonchev–Trinajstić information content (AvgIpc) is 3.70. The lowest BCUT2D eigenvalue weighted by molar-refractivity contribution is 0.861. The third-order valence-corrected chi connectivity index (χ3v) is 11.3. The highest BCUT2D eigenvalue weighted by molar-refractivity contribution is 6.22. The van der Waals surface area contributed by atoms with Crippen molar-refractivity contribution in [3.05, 3.63) is 174 Å². The summed E-state index contributed by atoms with van der Waals surface area (Å²) in [7, 11) is 0. The number of hydrogen-bond donors (Lipinski definition) is 0. The molecule has 8 aromatic carbocycles. The molecular weight excluding hydrogens is 603 g/mol. The van der Waals surface area contributed by atoms with Gasteiger partial charge in [-0.05, 0) is 96.4 Å². The van der Waals surface area contributed by atoms with Gasteiger partial charge in [-0.1, -0.05) is 154 Å². The van der Waals surface area contributed by atoms with Crippen LogP contribution < -0.4 is 0 Å². The van der Waals surface area contributed by atoms with Crippen molar-refractivity contribution in [2.75, 3.05) is 0 Å². The number of aromatic nitrogens is 1. The summed E-state index contributed by atoms with van der Waals surface area (Å²) in [5, 5.41) is 8.10. The number of nitrogens with zero attached hydrogens (tertiary/aromatic N) is 1. The molecule has 0 saturated heterocycles. The Morgan fingerprint density at radius 1 is 0.500 bits per heavy atom. The summed E-state index contributed by atoms with van der Waals surface area (Å²) in [5.41, 5.74) is 17.5. The second-order valence-corrected chi connectivity index (χ2v) is 13.6. The first kappa shape index (κ1) is 29.0. The minimum absolute atomic E-state index is 0.306. The molecule has 0 spiro atoms. The summed E-state index contributed by atoms with van der Waals surface area (Å²) in [4.78, 5) is 0. The molecular formula is C49H37N. The van der Waals surface area contributed by atoms with Crippen LogP contribution in [0.3, 0.4) is 0 Å². The van der Waals surface area contributed by atoms with E-state index in [2.05, 4.69) is 163 Å². The molecule has 1 atom stereocenters. The summed E-state index contributed by atoms with van der Waals surface area (Å²) >= 11 is 0. The van der Waals surface area contributed by atoms with Crippen molar-refractivity contribution in [2.24, 2.45) is 0 Å². The lowest BCUT2D eigenvalue weighted by Gasteiger charge is -2.28. The molecule has 0 N–H and O–H groups in total. The van der Waals surface area contributed by atoms with Gasteiger partial charge in [0.15, 0.2) is 0 Å². The Kier molecular flexibility index (Phi) is 6.42. The Labute approximate surface area is 293 Å². The molecule has 0 saturated carbocycles. The van der Waals surface area contributed by atoms with Crippen molar-refractivity contribution in [3.63, 3.8) is 0 Å². The Bertz CT molecular complexity index is 2800. The first-order chi connectivity index (χ1) is 24.8.